The lowest BCUT2D eigenvalue weighted by molar-refractivity contribution is -0.132. The van der Waals surface area contributed by atoms with Crippen LogP contribution in [0.5, 0.6) is 0 Å². The summed E-state index contributed by atoms with van der Waals surface area (Å²) in [5.74, 6) is -0.811. The lowest BCUT2D eigenvalue weighted by Crippen LogP contribution is -1.98. The summed E-state index contributed by atoms with van der Waals surface area (Å²) in [6, 6.07) is 0. The van der Waals surface area contributed by atoms with E-state index in [2.05, 4.69) is 23.2 Å². The SMILES string of the molecule is CC/C(C)=C(\C)C(=O)O.O=C(Cl)C(=O)Cl. The molecule has 0 aromatic rings. The van der Waals surface area contributed by atoms with Crippen LogP contribution in [0.3, 0.4) is 0 Å². The molecule has 0 aliphatic heterocycles. The van der Waals surface area contributed by atoms with Crippen LogP contribution in [-0.2, 0) is 14.4 Å². The van der Waals surface area contributed by atoms with Gasteiger partial charge >= 0.3 is 16.5 Å². The molecule has 0 spiro atoms. The minimum absolute atomic E-state index is 0.470. The van der Waals surface area contributed by atoms with Crippen LogP contribution in [0.1, 0.15) is 27.2 Å². The zero-order valence-corrected chi connectivity index (χ0v) is 10.1. The summed E-state index contributed by atoms with van der Waals surface area (Å²) in [6.45, 7) is 5.41. The number of halogens is 2. The summed E-state index contributed by atoms with van der Waals surface area (Å²) >= 11 is 8.98. The van der Waals surface area contributed by atoms with Crippen LogP contribution >= 0.6 is 23.2 Å². The third-order valence-corrected chi connectivity index (χ3v) is 2.09. The third kappa shape index (κ3) is 9.43. The van der Waals surface area contributed by atoms with E-state index in [1.165, 1.54) is 0 Å². The quantitative estimate of drug-likeness (QED) is 0.477. The van der Waals surface area contributed by atoms with Crippen LogP contribution in [0, 0.1) is 0 Å². The zero-order chi connectivity index (χ0) is 12.6. The maximum absolute atomic E-state index is 10.2. The van der Waals surface area contributed by atoms with Gasteiger partial charge in [-0.15, -0.1) is 0 Å². The van der Waals surface area contributed by atoms with Gasteiger partial charge < -0.3 is 5.11 Å². The van der Waals surface area contributed by atoms with Crippen molar-refractivity contribution in [3.8, 4) is 0 Å². The fraction of sp³-hybridized carbons (Fsp3) is 0.444. The predicted molar refractivity (Wildman–Crippen MR) is 58.0 cm³/mol. The average Bonchev–Trinajstić information content (AvgIpc) is 2.16. The largest absolute Gasteiger partial charge is 0.478 e. The number of rotatable bonds is 3. The number of carboxylic acids is 1. The monoisotopic (exact) mass is 254 g/mol. The van der Waals surface area contributed by atoms with Crippen LogP contribution < -0.4 is 0 Å². The first-order valence-electron chi connectivity index (χ1n) is 4.02. The van der Waals surface area contributed by atoms with Gasteiger partial charge in [-0.1, -0.05) is 12.5 Å². The molecule has 0 aromatic carbocycles. The highest BCUT2D eigenvalue weighted by Crippen LogP contribution is 2.05. The zero-order valence-electron chi connectivity index (χ0n) is 8.63. The molecule has 0 rings (SSSR count). The van der Waals surface area contributed by atoms with Gasteiger partial charge in [-0.05, 0) is 43.5 Å². The molecule has 0 saturated carbocycles. The Balaban J connectivity index is 0. The average molecular weight is 255 g/mol. The van der Waals surface area contributed by atoms with Crippen LogP contribution in [0.4, 0.5) is 0 Å². The maximum atomic E-state index is 10.2. The molecule has 0 bridgehead atoms. The number of carbonyl (C=O) groups excluding carboxylic acids is 2. The van der Waals surface area contributed by atoms with Gasteiger partial charge in [0.05, 0.1) is 0 Å². The van der Waals surface area contributed by atoms with Crippen LogP contribution in [-0.4, -0.2) is 21.6 Å². The van der Waals surface area contributed by atoms with E-state index in [1.54, 1.807) is 6.92 Å². The summed E-state index contributed by atoms with van der Waals surface area (Å²) in [7, 11) is 0. The minimum Gasteiger partial charge on any atom is -0.478 e. The van der Waals surface area contributed by atoms with Crippen molar-refractivity contribution in [2.75, 3.05) is 0 Å². The molecule has 0 aliphatic carbocycles. The Labute approximate surface area is 97.9 Å². The molecule has 86 valence electrons. The van der Waals surface area contributed by atoms with E-state index in [0.29, 0.717) is 5.57 Å². The predicted octanol–water partition coefficient (Wildman–Crippen LogP) is 2.33. The highest BCUT2D eigenvalue weighted by molar-refractivity contribution is 6.97. The van der Waals surface area contributed by atoms with Crippen molar-refractivity contribution >= 4 is 39.7 Å². The molecule has 0 radical (unpaired) electrons. The molecular weight excluding hydrogens is 243 g/mol. The fourth-order valence-corrected chi connectivity index (χ4v) is 0.448. The van der Waals surface area contributed by atoms with Gasteiger partial charge in [-0.3, -0.25) is 9.59 Å². The van der Waals surface area contributed by atoms with E-state index in [-0.39, 0.29) is 0 Å². The van der Waals surface area contributed by atoms with Gasteiger partial charge in [0, 0.05) is 5.57 Å². The van der Waals surface area contributed by atoms with Crippen LogP contribution in [0.2, 0.25) is 0 Å². The van der Waals surface area contributed by atoms with Gasteiger partial charge in [0.2, 0.25) is 0 Å². The second-order valence-corrected chi connectivity index (χ2v) is 3.30. The first kappa shape index (κ1) is 16.6. The summed E-state index contributed by atoms with van der Waals surface area (Å²) in [6.07, 6.45) is 0.818. The molecule has 0 aliphatic rings. The van der Waals surface area contributed by atoms with Gasteiger partial charge in [0.1, 0.15) is 0 Å². The highest BCUT2D eigenvalue weighted by atomic mass is 35.5. The summed E-state index contributed by atoms with van der Waals surface area (Å²) in [4.78, 5) is 29.1. The third-order valence-electron chi connectivity index (χ3n) is 1.65. The highest BCUT2D eigenvalue weighted by Gasteiger charge is 2.02. The van der Waals surface area contributed by atoms with Crippen molar-refractivity contribution in [3.05, 3.63) is 11.1 Å². The molecule has 0 aromatic heterocycles. The molecule has 0 fully saturated rings. The Hall–Kier alpha value is -0.870. The van der Waals surface area contributed by atoms with E-state index in [9.17, 15) is 14.4 Å². The van der Waals surface area contributed by atoms with Gasteiger partial charge in [0.25, 0.3) is 0 Å². The molecule has 0 heterocycles. The summed E-state index contributed by atoms with van der Waals surface area (Å²) in [5.41, 5.74) is 1.42. The van der Waals surface area contributed by atoms with Crippen molar-refractivity contribution in [2.45, 2.75) is 27.2 Å². The number of aliphatic carboxylic acids is 1. The van der Waals surface area contributed by atoms with Gasteiger partial charge in [0.15, 0.2) is 0 Å². The first-order chi connectivity index (χ1) is 6.73. The fourth-order valence-electron chi connectivity index (χ4n) is 0.448. The normalized spacial score (nSPS) is 10.7. The molecule has 0 unspecified atom stereocenters. The van der Waals surface area contributed by atoms with Gasteiger partial charge in [-0.25, -0.2) is 4.79 Å². The van der Waals surface area contributed by atoms with E-state index >= 15 is 0 Å². The second-order valence-electron chi connectivity index (χ2n) is 2.61. The smallest absolute Gasteiger partial charge is 0.331 e. The van der Waals surface area contributed by atoms with Crippen molar-refractivity contribution in [1.29, 1.82) is 0 Å². The van der Waals surface area contributed by atoms with E-state index in [0.717, 1.165) is 12.0 Å². The Kier molecular flexibility index (Phi) is 9.31. The van der Waals surface area contributed by atoms with Gasteiger partial charge in [-0.2, -0.15) is 0 Å². The standard InChI is InChI=1S/C7H12O2.C2Cl2O2/c1-4-5(2)6(3)7(8)9;3-1(5)2(4)6/h4H2,1-3H3,(H,8,9);/b6-5+;. The molecule has 6 heteroatoms. The number of carboxylic acid groups (broad SMARTS) is 1. The topological polar surface area (TPSA) is 71.4 Å². The number of carbonyl (C=O) groups is 3. The maximum Gasteiger partial charge on any atom is 0.331 e. The van der Waals surface area contributed by atoms with E-state index in [4.69, 9.17) is 5.11 Å². The van der Waals surface area contributed by atoms with Crippen molar-refractivity contribution in [2.24, 2.45) is 0 Å². The molecule has 15 heavy (non-hydrogen) atoms. The Bertz CT molecular complexity index is 282. The Morgan fingerprint density at radius 3 is 1.47 bits per heavy atom. The number of hydrogen-bond donors (Lipinski definition) is 1. The van der Waals surface area contributed by atoms with Crippen LogP contribution in [0.25, 0.3) is 0 Å². The molecule has 0 amide bonds. The van der Waals surface area contributed by atoms with E-state index < -0.39 is 16.5 Å². The molecule has 4 nitrogen and oxygen atoms in total. The molecule has 1 N–H and O–H groups in total. The minimum atomic E-state index is -1.14. The number of allylic oxidation sites excluding steroid dienone is 1. The summed E-state index contributed by atoms with van der Waals surface area (Å²) in [5, 5.41) is 6.14. The second kappa shape index (κ2) is 8.44. The van der Waals surface area contributed by atoms with Crippen LogP contribution in [0.15, 0.2) is 11.1 Å². The lowest BCUT2D eigenvalue weighted by atomic mass is 10.1. The van der Waals surface area contributed by atoms with Crippen molar-refractivity contribution in [3.63, 3.8) is 0 Å². The Morgan fingerprint density at radius 2 is 1.40 bits per heavy atom. The first-order valence-corrected chi connectivity index (χ1v) is 4.78. The number of hydrogen-bond acceptors (Lipinski definition) is 3. The molecule has 0 atom stereocenters. The van der Waals surface area contributed by atoms with Crippen molar-refractivity contribution in [1.82, 2.24) is 0 Å². The Morgan fingerprint density at radius 1 is 1.07 bits per heavy atom. The lowest BCUT2D eigenvalue weighted by Gasteiger charge is -1.97. The van der Waals surface area contributed by atoms with Crippen molar-refractivity contribution < 1.29 is 19.5 Å². The molecular formula is C9H12Cl2O4. The molecule has 0 saturated heterocycles. The summed E-state index contributed by atoms with van der Waals surface area (Å²) < 4.78 is 0. The van der Waals surface area contributed by atoms with E-state index in [1.807, 2.05) is 13.8 Å².